The number of nitrogens with zero attached hydrogens (tertiary/aromatic N) is 2. The summed E-state index contributed by atoms with van der Waals surface area (Å²) in [5, 5.41) is 4.17. The number of anilines is 1. The minimum absolute atomic E-state index is 0.121. The summed E-state index contributed by atoms with van der Waals surface area (Å²) in [5.41, 5.74) is 3.82. The largest absolute Gasteiger partial charge is 0.360 e. The van der Waals surface area contributed by atoms with Gasteiger partial charge in [-0.3, -0.25) is 9.59 Å². The van der Waals surface area contributed by atoms with Crippen LogP contribution in [0.3, 0.4) is 0 Å². The van der Waals surface area contributed by atoms with Crippen molar-refractivity contribution in [1.82, 2.24) is 10.2 Å². The minimum Gasteiger partial charge on any atom is -0.360 e. The van der Waals surface area contributed by atoms with E-state index in [1.807, 2.05) is 84.6 Å². The van der Waals surface area contributed by atoms with Gasteiger partial charge in [0.25, 0.3) is 0 Å². The highest BCUT2D eigenvalue weighted by atomic mass is 35.5. The van der Waals surface area contributed by atoms with Crippen molar-refractivity contribution in [3.05, 3.63) is 99.5 Å². The molecule has 3 aromatic rings. The van der Waals surface area contributed by atoms with Crippen LogP contribution in [0, 0.1) is 6.92 Å². The Labute approximate surface area is 210 Å². The van der Waals surface area contributed by atoms with Gasteiger partial charge in [0.1, 0.15) is 6.04 Å². The second kappa shape index (κ2) is 10.5. The van der Waals surface area contributed by atoms with E-state index >= 15 is 0 Å². The van der Waals surface area contributed by atoms with Crippen LogP contribution in [-0.4, -0.2) is 36.3 Å². The van der Waals surface area contributed by atoms with Gasteiger partial charge in [0, 0.05) is 31.6 Å². The van der Waals surface area contributed by atoms with Gasteiger partial charge < -0.3 is 15.1 Å². The Hall–Kier alpha value is -3.02. The summed E-state index contributed by atoms with van der Waals surface area (Å²) in [6, 6.07) is 22.2. The Morgan fingerprint density at radius 3 is 2.32 bits per heavy atom. The Bertz CT molecular complexity index is 1170. The van der Waals surface area contributed by atoms with E-state index in [0.29, 0.717) is 29.7 Å². The van der Waals surface area contributed by atoms with Gasteiger partial charge in [-0.2, -0.15) is 0 Å². The number of aryl methyl sites for hydroxylation is 1. The van der Waals surface area contributed by atoms with Gasteiger partial charge in [-0.15, -0.1) is 0 Å². The van der Waals surface area contributed by atoms with E-state index in [4.69, 9.17) is 23.2 Å². The van der Waals surface area contributed by atoms with Crippen LogP contribution in [0.1, 0.15) is 35.7 Å². The average molecular weight is 496 g/mol. The second-order valence-electron chi connectivity index (χ2n) is 8.54. The molecule has 34 heavy (non-hydrogen) atoms. The maximum Gasteiger partial charge on any atom is 0.249 e. The van der Waals surface area contributed by atoms with Gasteiger partial charge in [0.15, 0.2) is 0 Å². The molecule has 176 valence electrons. The third-order valence-corrected chi connectivity index (χ3v) is 6.64. The highest BCUT2D eigenvalue weighted by Gasteiger charge is 2.35. The molecule has 0 radical (unpaired) electrons. The van der Waals surface area contributed by atoms with Gasteiger partial charge in [0.05, 0.1) is 16.8 Å². The number of hydrogen-bond acceptors (Lipinski definition) is 3. The summed E-state index contributed by atoms with van der Waals surface area (Å²) in [6.45, 7) is 5.00. The van der Waals surface area contributed by atoms with Gasteiger partial charge in [-0.05, 0) is 47.9 Å². The lowest BCUT2D eigenvalue weighted by Crippen LogP contribution is -2.53. The Kier molecular flexibility index (Phi) is 7.44. The number of halogens is 2. The number of rotatable bonds is 5. The Balaban J connectivity index is 1.67. The standard InChI is InChI=1S/C27H27Cl2N3O2/c1-18-8-13-24(23(29)16-18)32-15-14-31(17-25(32)20-9-11-22(28)12-10-20)27(34)26(30-19(2)33)21-6-4-3-5-7-21/h3-13,16,25-26H,14-15,17H2,1-2H3,(H,30,33). The molecule has 1 saturated heterocycles. The molecule has 1 fully saturated rings. The summed E-state index contributed by atoms with van der Waals surface area (Å²) in [6.07, 6.45) is 0. The number of benzene rings is 3. The summed E-state index contributed by atoms with van der Waals surface area (Å²) in [7, 11) is 0. The average Bonchev–Trinajstić information content (AvgIpc) is 2.83. The first-order chi connectivity index (χ1) is 16.3. The quantitative estimate of drug-likeness (QED) is 0.503. The lowest BCUT2D eigenvalue weighted by Gasteiger charge is -2.44. The number of piperazine rings is 1. The van der Waals surface area contributed by atoms with E-state index in [1.54, 1.807) is 0 Å². The van der Waals surface area contributed by atoms with E-state index in [1.165, 1.54) is 6.92 Å². The van der Waals surface area contributed by atoms with Gasteiger partial charge in [0.2, 0.25) is 11.8 Å². The van der Waals surface area contributed by atoms with Crippen molar-refractivity contribution >= 4 is 40.7 Å². The van der Waals surface area contributed by atoms with Gasteiger partial charge in [-0.25, -0.2) is 0 Å². The molecule has 5 nitrogen and oxygen atoms in total. The van der Waals surface area contributed by atoms with E-state index in [-0.39, 0.29) is 17.9 Å². The fourth-order valence-electron chi connectivity index (χ4n) is 4.41. The SMILES string of the molecule is CC(=O)NC(C(=O)N1CCN(c2ccc(C)cc2Cl)C(c2ccc(Cl)cc2)C1)c1ccccc1. The predicted molar refractivity (Wildman–Crippen MR) is 137 cm³/mol. The number of carbonyl (C=O) groups is 2. The lowest BCUT2D eigenvalue weighted by molar-refractivity contribution is -0.137. The zero-order chi connectivity index (χ0) is 24.2. The normalized spacial score (nSPS) is 16.8. The molecule has 7 heteroatoms. The highest BCUT2D eigenvalue weighted by Crippen LogP contribution is 2.36. The molecule has 0 bridgehead atoms. The van der Waals surface area contributed by atoms with Crippen LogP contribution in [0.4, 0.5) is 5.69 Å². The number of nitrogens with one attached hydrogen (secondary N) is 1. The summed E-state index contributed by atoms with van der Waals surface area (Å²) >= 11 is 12.8. The summed E-state index contributed by atoms with van der Waals surface area (Å²) < 4.78 is 0. The van der Waals surface area contributed by atoms with Crippen LogP contribution >= 0.6 is 23.2 Å². The fourth-order valence-corrected chi connectivity index (χ4v) is 4.88. The van der Waals surface area contributed by atoms with E-state index in [0.717, 1.165) is 22.4 Å². The molecular formula is C27H27Cl2N3O2. The third-order valence-electron chi connectivity index (χ3n) is 6.09. The first-order valence-electron chi connectivity index (χ1n) is 11.2. The number of carbonyl (C=O) groups excluding carboxylic acids is 2. The maximum absolute atomic E-state index is 13.7. The molecule has 4 rings (SSSR count). The van der Waals surface area contributed by atoms with Crippen molar-refractivity contribution in [2.24, 2.45) is 0 Å². The first-order valence-corrected chi connectivity index (χ1v) is 12.0. The molecule has 2 amide bonds. The molecule has 2 unspecified atom stereocenters. The van der Waals surface area contributed by atoms with Crippen LogP contribution in [0.15, 0.2) is 72.8 Å². The highest BCUT2D eigenvalue weighted by molar-refractivity contribution is 6.33. The molecule has 1 heterocycles. The molecule has 1 aliphatic rings. The Morgan fingerprint density at radius 2 is 1.68 bits per heavy atom. The van der Waals surface area contributed by atoms with Gasteiger partial charge >= 0.3 is 0 Å². The molecule has 2 atom stereocenters. The zero-order valence-electron chi connectivity index (χ0n) is 19.2. The molecule has 1 aliphatic heterocycles. The molecule has 0 aliphatic carbocycles. The Morgan fingerprint density at radius 1 is 0.971 bits per heavy atom. The minimum atomic E-state index is -0.737. The molecule has 0 saturated carbocycles. The molecule has 3 aromatic carbocycles. The van der Waals surface area contributed by atoms with Crippen molar-refractivity contribution in [2.45, 2.75) is 25.9 Å². The number of amides is 2. The van der Waals surface area contributed by atoms with Crippen molar-refractivity contribution in [3.63, 3.8) is 0 Å². The topological polar surface area (TPSA) is 52.7 Å². The van der Waals surface area contributed by atoms with E-state index in [9.17, 15) is 9.59 Å². The molecule has 1 N–H and O–H groups in total. The zero-order valence-corrected chi connectivity index (χ0v) is 20.7. The van der Waals surface area contributed by atoms with E-state index < -0.39 is 6.04 Å². The summed E-state index contributed by atoms with van der Waals surface area (Å²) in [5.74, 6) is -0.378. The molecule has 0 aromatic heterocycles. The molecule has 0 spiro atoms. The van der Waals surface area contributed by atoms with Crippen molar-refractivity contribution < 1.29 is 9.59 Å². The second-order valence-corrected chi connectivity index (χ2v) is 9.39. The van der Waals surface area contributed by atoms with E-state index in [2.05, 4.69) is 10.2 Å². The maximum atomic E-state index is 13.7. The monoisotopic (exact) mass is 495 g/mol. The van der Waals surface area contributed by atoms with Crippen LogP contribution in [0.25, 0.3) is 0 Å². The predicted octanol–water partition coefficient (Wildman–Crippen LogP) is 5.57. The fraction of sp³-hybridized carbons (Fsp3) is 0.259. The smallest absolute Gasteiger partial charge is 0.249 e. The number of hydrogen-bond donors (Lipinski definition) is 1. The van der Waals surface area contributed by atoms with Crippen LogP contribution in [0.5, 0.6) is 0 Å². The van der Waals surface area contributed by atoms with Crippen molar-refractivity contribution in [2.75, 3.05) is 24.5 Å². The van der Waals surface area contributed by atoms with Crippen LogP contribution < -0.4 is 10.2 Å². The van der Waals surface area contributed by atoms with Crippen molar-refractivity contribution in [3.8, 4) is 0 Å². The third kappa shape index (κ3) is 5.37. The van der Waals surface area contributed by atoms with Crippen LogP contribution in [0.2, 0.25) is 10.0 Å². The lowest BCUT2D eigenvalue weighted by atomic mass is 9.99. The van der Waals surface area contributed by atoms with Crippen molar-refractivity contribution in [1.29, 1.82) is 0 Å². The first kappa shape index (κ1) is 24.1. The summed E-state index contributed by atoms with van der Waals surface area (Å²) in [4.78, 5) is 29.6. The van der Waals surface area contributed by atoms with Crippen LogP contribution in [-0.2, 0) is 9.59 Å². The van der Waals surface area contributed by atoms with Gasteiger partial charge in [-0.1, -0.05) is 71.7 Å². The molecular weight excluding hydrogens is 469 g/mol.